The minimum atomic E-state index is -0.225. The second-order valence-corrected chi connectivity index (χ2v) is 7.16. The number of para-hydroxylation sites is 1. The fourth-order valence-corrected chi connectivity index (χ4v) is 4.16. The quantitative estimate of drug-likeness (QED) is 0.719. The van der Waals surface area contributed by atoms with Crippen LogP contribution >= 0.6 is 11.3 Å². The Balaban J connectivity index is 1.36. The lowest BCUT2D eigenvalue weighted by molar-refractivity contribution is 0.261. The van der Waals surface area contributed by atoms with Crippen LogP contribution in [0.3, 0.4) is 0 Å². The Bertz CT molecular complexity index is 810. The first-order chi connectivity index (χ1) is 11.8. The first-order valence-electron chi connectivity index (χ1n) is 8.36. The van der Waals surface area contributed by atoms with Crippen LogP contribution in [0.5, 0.6) is 0 Å². The smallest absolute Gasteiger partial charge is 0.186 e. The molecule has 3 nitrogen and oxygen atoms in total. The predicted octanol–water partition coefficient (Wildman–Crippen LogP) is 3.80. The summed E-state index contributed by atoms with van der Waals surface area (Å²) in [5, 5.41) is 0.942. The molecule has 0 aliphatic carbocycles. The summed E-state index contributed by atoms with van der Waals surface area (Å²) in [7, 11) is 0. The molecular formula is C19H20FN3S. The van der Waals surface area contributed by atoms with Gasteiger partial charge in [0.05, 0.1) is 4.70 Å². The lowest BCUT2D eigenvalue weighted by atomic mass is 10.1. The van der Waals surface area contributed by atoms with Crippen LogP contribution in [0.2, 0.25) is 0 Å². The molecule has 124 valence electrons. The molecule has 0 radical (unpaired) electrons. The van der Waals surface area contributed by atoms with E-state index in [2.05, 4.69) is 45.1 Å². The van der Waals surface area contributed by atoms with E-state index < -0.39 is 0 Å². The standard InChI is InChI=1S/C19H20FN3S/c20-16-7-4-8-17-18(16)21-19(24-17)23-13-11-22(12-14-23)10-9-15-5-2-1-3-6-15/h1-8H,9-14H2. The minimum Gasteiger partial charge on any atom is -0.345 e. The van der Waals surface area contributed by atoms with Crippen LogP contribution < -0.4 is 4.90 Å². The SMILES string of the molecule is Fc1cccc2sc(N3CCN(CCc4ccccc4)CC3)nc12. The molecule has 0 saturated carbocycles. The fourth-order valence-electron chi connectivity index (χ4n) is 3.13. The zero-order chi connectivity index (χ0) is 16.4. The van der Waals surface area contributed by atoms with Crippen molar-refractivity contribution in [2.75, 3.05) is 37.6 Å². The van der Waals surface area contributed by atoms with Gasteiger partial charge in [-0.1, -0.05) is 47.7 Å². The highest BCUT2D eigenvalue weighted by Gasteiger charge is 2.20. The maximum Gasteiger partial charge on any atom is 0.186 e. The number of anilines is 1. The number of hydrogen-bond acceptors (Lipinski definition) is 4. The molecule has 1 aliphatic rings. The van der Waals surface area contributed by atoms with Crippen molar-refractivity contribution in [2.45, 2.75) is 6.42 Å². The highest BCUT2D eigenvalue weighted by Crippen LogP contribution is 2.30. The Kier molecular flexibility index (Phi) is 4.45. The molecule has 1 saturated heterocycles. The molecule has 2 aromatic carbocycles. The van der Waals surface area contributed by atoms with Crippen molar-refractivity contribution >= 4 is 26.7 Å². The second kappa shape index (κ2) is 6.87. The van der Waals surface area contributed by atoms with E-state index in [9.17, 15) is 4.39 Å². The summed E-state index contributed by atoms with van der Waals surface area (Å²) in [5.41, 5.74) is 1.89. The van der Waals surface area contributed by atoms with Crippen molar-refractivity contribution in [1.82, 2.24) is 9.88 Å². The van der Waals surface area contributed by atoms with E-state index in [1.54, 1.807) is 17.4 Å². The first-order valence-corrected chi connectivity index (χ1v) is 9.17. The van der Waals surface area contributed by atoms with Gasteiger partial charge in [0.1, 0.15) is 11.3 Å². The monoisotopic (exact) mass is 341 g/mol. The van der Waals surface area contributed by atoms with Gasteiger partial charge in [-0.2, -0.15) is 0 Å². The van der Waals surface area contributed by atoms with Crippen LogP contribution in [0, 0.1) is 5.82 Å². The first kappa shape index (κ1) is 15.5. The van der Waals surface area contributed by atoms with Gasteiger partial charge in [-0.25, -0.2) is 9.37 Å². The lowest BCUT2D eigenvalue weighted by Crippen LogP contribution is -2.46. The van der Waals surface area contributed by atoms with E-state index in [4.69, 9.17) is 0 Å². The normalized spacial score (nSPS) is 16.0. The summed E-state index contributed by atoms with van der Waals surface area (Å²) in [4.78, 5) is 9.28. The molecule has 0 unspecified atom stereocenters. The molecule has 1 aliphatic heterocycles. The van der Waals surface area contributed by atoms with Crippen LogP contribution in [0.1, 0.15) is 5.56 Å². The Labute approximate surface area is 145 Å². The van der Waals surface area contributed by atoms with Crippen LogP contribution in [0.15, 0.2) is 48.5 Å². The molecule has 1 fully saturated rings. The predicted molar refractivity (Wildman–Crippen MR) is 98.4 cm³/mol. The van der Waals surface area contributed by atoms with E-state index in [0.717, 1.165) is 49.0 Å². The number of piperazine rings is 1. The molecule has 0 N–H and O–H groups in total. The molecule has 4 rings (SSSR count). The van der Waals surface area contributed by atoms with Gasteiger partial charge >= 0.3 is 0 Å². The molecular weight excluding hydrogens is 321 g/mol. The third-order valence-corrected chi connectivity index (χ3v) is 5.64. The van der Waals surface area contributed by atoms with Gasteiger partial charge in [0.15, 0.2) is 5.13 Å². The van der Waals surface area contributed by atoms with E-state index >= 15 is 0 Å². The summed E-state index contributed by atoms with van der Waals surface area (Å²) in [6, 6.07) is 15.8. The van der Waals surface area contributed by atoms with Crippen molar-refractivity contribution in [3.8, 4) is 0 Å². The van der Waals surface area contributed by atoms with Gasteiger partial charge in [-0.05, 0) is 24.1 Å². The third-order valence-electron chi connectivity index (χ3n) is 4.56. The van der Waals surface area contributed by atoms with Gasteiger partial charge in [0, 0.05) is 32.7 Å². The van der Waals surface area contributed by atoms with Crippen molar-refractivity contribution in [3.63, 3.8) is 0 Å². The van der Waals surface area contributed by atoms with Gasteiger partial charge in [-0.3, -0.25) is 4.90 Å². The van der Waals surface area contributed by atoms with Crippen molar-refractivity contribution in [1.29, 1.82) is 0 Å². The summed E-state index contributed by atoms with van der Waals surface area (Å²) >= 11 is 1.59. The average Bonchev–Trinajstić information content (AvgIpc) is 3.07. The molecule has 24 heavy (non-hydrogen) atoms. The van der Waals surface area contributed by atoms with Crippen LogP contribution in [-0.2, 0) is 6.42 Å². The highest BCUT2D eigenvalue weighted by atomic mass is 32.1. The Morgan fingerprint density at radius 2 is 1.75 bits per heavy atom. The van der Waals surface area contributed by atoms with E-state index in [1.807, 2.05) is 6.07 Å². The summed E-state index contributed by atoms with van der Waals surface area (Å²) in [5.74, 6) is -0.225. The third kappa shape index (κ3) is 3.28. The largest absolute Gasteiger partial charge is 0.345 e. The van der Waals surface area contributed by atoms with Crippen LogP contribution in [-0.4, -0.2) is 42.6 Å². The highest BCUT2D eigenvalue weighted by molar-refractivity contribution is 7.22. The minimum absolute atomic E-state index is 0.225. The number of aromatic nitrogens is 1. The van der Waals surface area contributed by atoms with Crippen molar-refractivity contribution in [3.05, 3.63) is 59.9 Å². The molecule has 1 aromatic heterocycles. The number of rotatable bonds is 4. The number of nitrogens with zero attached hydrogens (tertiary/aromatic N) is 3. The van der Waals surface area contributed by atoms with E-state index in [1.165, 1.54) is 11.6 Å². The van der Waals surface area contributed by atoms with Crippen molar-refractivity contribution in [2.24, 2.45) is 0 Å². The molecule has 0 atom stereocenters. The Morgan fingerprint density at radius 3 is 2.50 bits per heavy atom. The molecule has 5 heteroatoms. The molecule has 0 bridgehead atoms. The summed E-state index contributed by atoms with van der Waals surface area (Å²) in [6.07, 6.45) is 1.09. The summed E-state index contributed by atoms with van der Waals surface area (Å²) < 4.78 is 14.7. The topological polar surface area (TPSA) is 19.4 Å². The molecule has 0 spiro atoms. The Hall–Kier alpha value is -1.98. The number of thiazole rings is 1. The Morgan fingerprint density at radius 1 is 0.958 bits per heavy atom. The van der Waals surface area contributed by atoms with Crippen LogP contribution in [0.4, 0.5) is 9.52 Å². The van der Waals surface area contributed by atoms with Crippen LogP contribution in [0.25, 0.3) is 10.2 Å². The number of fused-ring (bicyclic) bond motifs is 1. The van der Waals surface area contributed by atoms with Gasteiger partial charge in [-0.15, -0.1) is 0 Å². The molecule has 0 amide bonds. The van der Waals surface area contributed by atoms with Gasteiger partial charge in [0.25, 0.3) is 0 Å². The maximum absolute atomic E-state index is 13.8. The second-order valence-electron chi connectivity index (χ2n) is 6.15. The maximum atomic E-state index is 13.8. The van der Waals surface area contributed by atoms with E-state index in [-0.39, 0.29) is 5.82 Å². The van der Waals surface area contributed by atoms with Crippen molar-refractivity contribution < 1.29 is 4.39 Å². The molecule has 2 heterocycles. The summed E-state index contributed by atoms with van der Waals surface area (Å²) in [6.45, 7) is 5.06. The van der Waals surface area contributed by atoms with E-state index in [0.29, 0.717) is 5.52 Å². The lowest BCUT2D eigenvalue weighted by Gasteiger charge is -2.34. The fraction of sp³-hybridized carbons (Fsp3) is 0.316. The molecule has 3 aromatic rings. The number of halogens is 1. The number of hydrogen-bond donors (Lipinski definition) is 0. The number of benzene rings is 2. The zero-order valence-electron chi connectivity index (χ0n) is 13.5. The van der Waals surface area contributed by atoms with Gasteiger partial charge in [0.2, 0.25) is 0 Å². The van der Waals surface area contributed by atoms with Gasteiger partial charge < -0.3 is 4.90 Å². The zero-order valence-corrected chi connectivity index (χ0v) is 14.3. The average molecular weight is 341 g/mol.